The Balaban J connectivity index is 1.78. The van der Waals surface area contributed by atoms with Crippen molar-refractivity contribution in [3.63, 3.8) is 0 Å². The number of rotatable bonds is 4. The quantitative estimate of drug-likeness (QED) is 0.739. The van der Waals surface area contributed by atoms with Crippen LogP contribution in [0.3, 0.4) is 0 Å². The normalized spacial score (nSPS) is 14.5. The number of benzene rings is 1. The van der Waals surface area contributed by atoms with Gasteiger partial charge in [0.25, 0.3) is 5.56 Å². The van der Waals surface area contributed by atoms with Gasteiger partial charge in [0.15, 0.2) is 5.75 Å². The lowest BCUT2D eigenvalue weighted by atomic mass is 10.1. The summed E-state index contributed by atoms with van der Waals surface area (Å²) in [5.74, 6) is -2.51. The molecule has 1 aliphatic heterocycles. The first-order chi connectivity index (χ1) is 15.5. The zero-order valence-electron chi connectivity index (χ0n) is 18.4. The zero-order chi connectivity index (χ0) is 24.3. The molecule has 174 valence electrons. The second kappa shape index (κ2) is 9.28. The molecule has 1 aromatic carbocycles. The van der Waals surface area contributed by atoms with Crippen LogP contribution in [0.1, 0.15) is 49.7 Å². The third-order valence-electron chi connectivity index (χ3n) is 4.80. The van der Waals surface area contributed by atoms with Crippen molar-refractivity contribution in [2.45, 2.75) is 45.3 Å². The van der Waals surface area contributed by atoms with E-state index >= 15 is 0 Å². The molecule has 0 radical (unpaired) electrons. The lowest BCUT2D eigenvalue weighted by Crippen LogP contribution is -2.44. The number of carboxylic acids is 1. The van der Waals surface area contributed by atoms with Gasteiger partial charge in [-0.3, -0.25) is 4.79 Å². The number of hydrogen-bond acceptors (Lipinski definition) is 7. The lowest BCUT2D eigenvalue weighted by molar-refractivity contribution is 0.0125. The number of amides is 1. The standard InChI is InChI=1S/C22H23FN4O6/c1-22(2,3)33-21(31)26-8-6-15(7-9-26)32-17-11-18(28)27(25-19(17)20(29)30)14-5-4-13(12-24)16(23)10-14/h4-5,10-11,15H,6-9H2,1-3H3,(H,29,30). The Hall–Kier alpha value is -3.94. The summed E-state index contributed by atoms with van der Waals surface area (Å²) in [5, 5.41) is 22.2. The van der Waals surface area contributed by atoms with Crippen LogP contribution < -0.4 is 10.3 Å². The summed E-state index contributed by atoms with van der Waals surface area (Å²) in [7, 11) is 0. The van der Waals surface area contributed by atoms with E-state index in [4.69, 9.17) is 14.7 Å². The summed E-state index contributed by atoms with van der Waals surface area (Å²) in [5.41, 5.74) is -2.12. The number of likely N-dealkylation sites (tertiary alicyclic amines) is 1. The molecule has 1 amide bonds. The molecule has 33 heavy (non-hydrogen) atoms. The van der Waals surface area contributed by atoms with E-state index in [2.05, 4.69) is 5.10 Å². The number of carbonyl (C=O) groups is 2. The van der Waals surface area contributed by atoms with Crippen molar-refractivity contribution < 1.29 is 28.6 Å². The van der Waals surface area contributed by atoms with Crippen LogP contribution in [0.5, 0.6) is 5.75 Å². The van der Waals surface area contributed by atoms with Crippen molar-refractivity contribution in [3.05, 3.63) is 51.7 Å². The number of nitriles is 1. The number of carbonyl (C=O) groups excluding carboxylic acids is 1. The van der Waals surface area contributed by atoms with E-state index in [1.165, 1.54) is 12.1 Å². The van der Waals surface area contributed by atoms with Crippen LogP contribution >= 0.6 is 0 Å². The van der Waals surface area contributed by atoms with E-state index < -0.39 is 40.8 Å². The molecular weight excluding hydrogens is 435 g/mol. The third-order valence-corrected chi connectivity index (χ3v) is 4.80. The first-order valence-electron chi connectivity index (χ1n) is 10.2. The summed E-state index contributed by atoms with van der Waals surface area (Å²) in [6, 6.07) is 6.02. The number of nitrogens with zero attached hydrogens (tertiary/aromatic N) is 4. The summed E-state index contributed by atoms with van der Waals surface area (Å²) >= 11 is 0. The highest BCUT2D eigenvalue weighted by molar-refractivity contribution is 5.88. The molecule has 0 unspecified atom stereocenters. The fourth-order valence-corrected chi connectivity index (χ4v) is 3.25. The van der Waals surface area contributed by atoms with Crippen molar-refractivity contribution >= 4 is 12.1 Å². The average Bonchev–Trinajstić information content (AvgIpc) is 2.73. The molecule has 2 aromatic rings. The Bertz CT molecular complexity index is 1170. The van der Waals surface area contributed by atoms with Gasteiger partial charge in [-0.1, -0.05) is 0 Å². The van der Waals surface area contributed by atoms with Gasteiger partial charge >= 0.3 is 12.1 Å². The Morgan fingerprint density at radius 2 is 1.91 bits per heavy atom. The van der Waals surface area contributed by atoms with Crippen LogP contribution in [0, 0.1) is 17.1 Å². The molecule has 0 saturated carbocycles. The van der Waals surface area contributed by atoms with Gasteiger partial charge in [-0.2, -0.15) is 15.0 Å². The van der Waals surface area contributed by atoms with Gasteiger partial charge in [0.05, 0.1) is 17.3 Å². The highest BCUT2D eigenvalue weighted by Crippen LogP contribution is 2.23. The summed E-state index contributed by atoms with van der Waals surface area (Å²) in [6.45, 7) is 6.01. The first-order valence-corrected chi connectivity index (χ1v) is 10.2. The number of halogens is 1. The monoisotopic (exact) mass is 458 g/mol. The molecule has 1 aliphatic rings. The third kappa shape index (κ3) is 5.65. The lowest BCUT2D eigenvalue weighted by Gasteiger charge is -2.33. The maximum Gasteiger partial charge on any atom is 0.410 e. The Morgan fingerprint density at radius 1 is 1.24 bits per heavy atom. The van der Waals surface area contributed by atoms with Gasteiger partial charge in [0, 0.05) is 32.0 Å². The molecule has 3 rings (SSSR count). The predicted molar refractivity (Wildman–Crippen MR) is 113 cm³/mol. The van der Waals surface area contributed by atoms with E-state index in [-0.39, 0.29) is 17.0 Å². The van der Waals surface area contributed by atoms with E-state index in [0.29, 0.717) is 25.9 Å². The maximum atomic E-state index is 14.0. The number of piperidine rings is 1. The van der Waals surface area contributed by atoms with Gasteiger partial charge in [-0.15, -0.1) is 0 Å². The highest BCUT2D eigenvalue weighted by Gasteiger charge is 2.29. The number of aromatic carboxylic acids is 1. The minimum absolute atomic E-state index is 0.0313. The van der Waals surface area contributed by atoms with E-state index in [0.717, 1.165) is 16.8 Å². The Kier molecular flexibility index (Phi) is 6.67. The van der Waals surface area contributed by atoms with Gasteiger partial charge in [0.1, 0.15) is 23.6 Å². The number of aromatic nitrogens is 2. The van der Waals surface area contributed by atoms with Crippen molar-refractivity contribution in [3.8, 4) is 17.5 Å². The van der Waals surface area contributed by atoms with Crippen molar-refractivity contribution in [2.75, 3.05) is 13.1 Å². The summed E-state index contributed by atoms with van der Waals surface area (Å²) < 4.78 is 25.8. The number of hydrogen-bond donors (Lipinski definition) is 1. The van der Waals surface area contributed by atoms with E-state index in [9.17, 15) is 23.9 Å². The maximum absolute atomic E-state index is 14.0. The molecule has 11 heteroatoms. The predicted octanol–water partition coefficient (Wildman–Crippen LogP) is 2.72. The zero-order valence-corrected chi connectivity index (χ0v) is 18.4. The molecule has 0 atom stereocenters. The van der Waals surface area contributed by atoms with Crippen LogP contribution in [0.25, 0.3) is 5.69 Å². The minimum atomic E-state index is -1.43. The smallest absolute Gasteiger partial charge is 0.410 e. The molecule has 2 heterocycles. The van der Waals surface area contributed by atoms with Crippen LogP contribution in [0.4, 0.5) is 9.18 Å². The fraction of sp³-hybridized carbons (Fsp3) is 0.409. The number of carboxylic acid groups (broad SMARTS) is 1. The summed E-state index contributed by atoms with van der Waals surface area (Å²) in [6.07, 6.45) is -0.0676. The van der Waals surface area contributed by atoms with E-state index in [1.54, 1.807) is 31.7 Å². The Labute approximate surface area is 188 Å². The second-order valence-electron chi connectivity index (χ2n) is 8.47. The van der Waals surface area contributed by atoms with Crippen LogP contribution in [0.2, 0.25) is 0 Å². The van der Waals surface area contributed by atoms with Crippen molar-refractivity contribution in [2.24, 2.45) is 0 Å². The molecular formula is C22H23FN4O6. The summed E-state index contributed by atoms with van der Waals surface area (Å²) in [4.78, 5) is 38.1. The van der Waals surface area contributed by atoms with Gasteiger partial charge in [0.2, 0.25) is 5.69 Å². The van der Waals surface area contributed by atoms with Crippen LogP contribution in [-0.2, 0) is 4.74 Å². The van der Waals surface area contributed by atoms with Gasteiger partial charge in [-0.05, 0) is 32.9 Å². The molecule has 1 aromatic heterocycles. The molecule has 0 aliphatic carbocycles. The minimum Gasteiger partial charge on any atom is -0.487 e. The topological polar surface area (TPSA) is 135 Å². The SMILES string of the molecule is CC(C)(C)OC(=O)N1CCC(Oc2cc(=O)n(-c3ccc(C#N)c(F)c3)nc2C(=O)O)CC1. The van der Waals surface area contributed by atoms with Crippen molar-refractivity contribution in [1.82, 2.24) is 14.7 Å². The van der Waals surface area contributed by atoms with Crippen LogP contribution in [0.15, 0.2) is 29.1 Å². The molecule has 0 bridgehead atoms. The first kappa shape index (κ1) is 23.7. The fourth-order valence-electron chi connectivity index (χ4n) is 3.25. The molecule has 10 nitrogen and oxygen atoms in total. The largest absolute Gasteiger partial charge is 0.487 e. The van der Waals surface area contributed by atoms with Crippen LogP contribution in [-0.4, -0.2) is 56.6 Å². The molecule has 1 N–H and O–H groups in total. The average molecular weight is 458 g/mol. The van der Waals surface area contributed by atoms with Gasteiger partial charge < -0.3 is 19.5 Å². The van der Waals surface area contributed by atoms with Gasteiger partial charge in [-0.25, -0.2) is 14.0 Å². The Morgan fingerprint density at radius 3 is 2.45 bits per heavy atom. The highest BCUT2D eigenvalue weighted by atomic mass is 19.1. The number of ether oxygens (including phenoxy) is 2. The molecule has 1 saturated heterocycles. The second-order valence-corrected chi connectivity index (χ2v) is 8.47. The van der Waals surface area contributed by atoms with Crippen molar-refractivity contribution in [1.29, 1.82) is 5.26 Å². The molecule has 0 spiro atoms. The molecule has 1 fully saturated rings. The van der Waals surface area contributed by atoms with E-state index in [1.807, 2.05) is 0 Å².